The van der Waals surface area contributed by atoms with Crippen molar-refractivity contribution in [3.05, 3.63) is 48.0 Å². The predicted octanol–water partition coefficient (Wildman–Crippen LogP) is 4.70. The molecule has 1 heterocycles. The van der Waals surface area contributed by atoms with Crippen LogP contribution in [0.1, 0.15) is 23.2 Å². The molecule has 0 amide bonds. The summed E-state index contributed by atoms with van der Waals surface area (Å²) in [5.74, 6) is 0.685. The van der Waals surface area contributed by atoms with E-state index in [2.05, 4.69) is 58.4 Å². The molecule has 2 heteroatoms. The Morgan fingerprint density at radius 2 is 1.72 bits per heavy atom. The first kappa shape index (κ1) is 12.2. The summed E-state index contributed by atoms with van der Waals surface area (Å²) in [5.41, 5.74) is 1.42. The molecule has 0 N–H and O–H groups in total. The van der Waals surface area contributed by atoms with E-state index in [0.717, 1.165) is 26.1 Å². The molecule has 2 aromatic rings. The van der Waals surface area contributed by atoms with Gasteiger partial charge in [-0.15, -0.1) is 0 Å². The standard InChI is InChI=1S/C16H17BrO/c17-16(13-8-10-18-11-9-13)15-7-3-5-12-4-1-2-6-14(12)15/h1-7,13,16H,8-11H2. The maximum atomic E-state index is 5.45. The van der Waals surface area contributed by atoms with Gasteiger partial charge in [0.05, 0.1) is 0 Å². The van der Waals surface area contributed by atoms with Crippen LogP contribution < -0.4 is 0 Å². The molecule has 3 rings (SSSR count). The number of fused-ring (bicyclic) bond motifs is 1. The van der Waals surface area contributed by atoms with E-state index >= 15 is 0 Å². The fraction of sp³-hybridized carbons (Fsp3) is 0.375. The largest absolute Gasteiger partial charge is 0.381 e. The molecule has 0 radical (unpaired) electrons. The highest BCUT2D eigenvalue weighted by Gasteiger charge is 2.24. The monoisotopic (exact) mass is 304 g/mol. The molecule has 0 aliphatic carbocycles. The van der Waals surface area contributed by atoms with Gasteiger partial charge in [-0.25, -0.2) is 0 Å². The van der Waals surface area contributed by atoms with Crippen LogP contribution in [0.2, 0.25) is 0 Å². The Labute approximate surface area is 116 Å². The summed E-state index contributed by atoms with van der Waals surface area (Å²) in [5, 5.41) is 2.69. The van der Waals surface area contributed by atoms with Gasteiger partial charge in [-0.2, -0.15) is 0 Å². The van der Waals surface area contributed by atoms with Crippen LogP contribution in [0.25, 0.3) is 10.8 Å². The summed E-state index contributed by atoms with van der Waals surface area (Å²) in [4.78, 5) is 0.438. The van der Waals surface area contributed by atoms with Crippen molar-refractivity contribution in [2.75, 3.05) is 13.2 Å². The highest BCUT2D eigenvalue weighted by molar-refractivity contribution is 9.09. The van der Waals surface area contributed by atoms with Crippen LogP contribution in [0.5, 0.6) is 0 Å². The zero-order valence-electron chi connectivity index (χ0n) is 10.3. The molecule has 1 aliphatic heterocycles. The minimum atomic E-state index is 0.438. The minimum absolute atomic E-state index is 0.438. The van der Waals surface area contributed by atoms with Crippen LogP contribution in [-0.2, 0) is 4.74 Å². The van der Waals surface area contributed by atoms with E-state index in [1.54, 1.807) is 0 Å². The summed E-state index contributed by atoms with van der Waals surface area (Å²) in [6, 6.07) is 15.2. The first-order valence-electron chi connectivity index (χ1n) is 6.56. The van der Waals surface area contributed by atoms with Crippen molar-refractivity contribution >= 4 is 26.7 Å². The molecule has 1 unspecified atom stereocenters. The Morgan fingerprint density at radius 3 is 2.56 bits per heavy atom. The fourth-order valence-electron chi connectivity index (χ4n) is 2.75. The van der Waals surface area contributed by atoms with Gasteiger partial charge in [0.15, 0.2) is 0 Å². The number of alkyl halides is 1. The lowest BCUT2D eigenvalue weighted by Gasteiger charge is -2.27. The second-order valence-corrected chi connectivity index (χ2v) is 5.91. The SMILES string of the molecule is BrC(c1cccc2ccccc12)C1CCOCC1. The maximum absolute atomic E-state index is 5.45. The first-order valence-corrected chi connectivity index (χ1v) is 7.47. The van der Waals surface area contributed by atoms with Gasteiger partial charge in [-0.3, -0.25) is 0 Å². The fourth-order valence-corrected chi connectivity index (χ4v) is 3.68. The third-order valence-corrected chi connectivity index (χ3v) is 5.04. The van der Waals surface area contributed by atoms with E-state index < -0.39 is 0 Å². The van der Waals surface area contributed by atoms with E-state index in [4.69, 9.17) is 4.74 Å². The molecule has 18 heavy (non-hydrogen) atoms. The minimum Gasteiger partial charge on any atom is -0.381 e. The van der Waals surface area contributed by atoms with Gasteiger partial charge < -0.3 is 4.74 Å². The summed E-state index contributed by atoms with van der Waals surface area (Å²) < 4.78 is 5.45. The van der Waals surface area contributed by atoms with Crippen molar-refractivity contribution in [3.63, 3.8) is 0 Å². The molecular weight excluding hydrogens is 288 g/mol. The average Bonchev–Trinajstić information content (AvgIpc) is 2.47. The number of benzene rings is 2. The zero-order chi connectivity index (χ0) is 12.4. The molecule has 94 valence electrons. The lowest BCUT2D eigenvalue weighted by Crippen LogP contribution is -2.19. The van der Waals surface area contributed by atoms with E-state index in [0.29, 0.717) is 10.7 Å². The smallest absolute Gasteiger partial charge is 0.0469 e. The van der Waals surface area contributed by atoms with Crippen LogP contribution in [0.15, 0.2) is 42.5 Å². The van der Waals surface area contributed by atoms with Gasteiger partial charge >= 0.3 is 0 Å². The van der Waals surface area contributed by atoms with Crippen molar-refractivity contribution in [1.82, 2.24) is 0 Å². The summed E-state index contributed by atoms with van der Waals surface area (Å²) in [6.45, 7) is 1.80. The van der Waals surface area contributed by atoms with Crippen molar-refractivity contribution in [2.24, 2.45) is 5.92 Å². The van der Waals surface area contributed by atoms with Crippen molar-refractivity contribution in [1.29, 1.82) is 0 Å². The van der Waals surface area contributed by atoms with Gasteiger partial charge in [-0.1, -0.05) is 58.4 Å². The third-order valence-electron chi connectivity index (χ3n) is 3.80. The van der Waals surface area contributed by atoms with Crippen LogP contribution in [-0.4, -0.2) is 13.2 Å². The second kappa shape index (κ2) is 5.41. The quantitative estimate of drug-likeness (QED) is 0.731. The van der Waals surface area contributed by atoms with E-state index in [-0.39, 0.29) is 0 Å². The number of hydrogen-bond acceptors (Lipinski definition) is 1. The molecule has 0 saturated carbocycles. The zero-order valence-corrected chi connectivity index (χ0v) is 11.9. The van der Waals surface area contributed by atoms with Gasteiger partial charge in [0.25, 0.3) is 0 Å². The molecule has 1 fully saturated rings. The van der Waals surface area contributed by atoms with Crippen molar-refractivity contribution in [2.45, 2.75) is 17.7 Å². The van der Waals surface area contributed by atoms with E-state index in [1.165, 1.54) is 16.3 Å². The molecule has 1 atom stereocenters. The van der Waals surface area contributed by atoms with Crippen molar-refractivity contribution < 1.29 is 4.74 Å². The highest BCUT2D eigenvalue weighted by Crippen LogP contribution is 2.39. The second-order valence-electron chi connectivity index (χ2n) is 4.92. The van der Waals surface area contributed by atoms with Gasteiger partial charge in [0.2, 0.25) is 0 Å². The lowest BCUT2D eigenvalue weighted by molar-refractivity contribution is 0.0663. The highest BCUT2D eigenvalue weighted by atomic mass is 79.9. The average molecular weight is 305 g/mol. The molecule has 1 aliphatic rings. The Morgan fingerprint density at radius 1 is 1.00 bits per heavy atom. The molecule has 0 bridgehead atoms. The van der Waals surface area contributed by atoms with Gasteiger partial charge in [0, 0.05) is 18.0 Å². The lowest BCUT2D eigenvalue weighted by atomic mass is 9.90. The van der Waals surface area contributed by atoms with E-state index in [9.17, 15) is 0 Å². The van der Waals surface area contributed by atoms with Crippen LogP contribution in [0.4, 0.5) is 0 Å². The van der Waals surface area contributed by atoms with Gasteiger partial charge in [-0.05, 0) is 35.1 Å². The topological polar surface area (TPSA) is 9.23 Å². The summed E-state index contributed by atoms with van der Waals surface area (Å²) >= 11 is 3.91. The third kappa shape index (κ3) is 2.32. The number of hydrogen-bond donors (Lipinski definition) is 0. The Balaban J connectivity index is 1.97. The molecule has 0 aromatic heterocycles. The molecule has 0 spiro atoms. The maximum Gasteiger partial charge on any atom is 0.0469 e. The van der Waals surface area contributed by atoms with Crippen LogP contribution in [0, 0.1) is 5.92 Å². The summed E-state index contributed by atoms with van der Waals surface area (Å²) in [7, 11) is 0. The van der Waals surface area contributed by atoms with E-state index in [1.807, 2.05) is 0 Å². The Bertz CT molecular complexity index is 526. The predicted molar refractivity (Wildman–Crippen MR) is 79.2 cm³/mol. The molecule has 1 saturated heterocycles. The van der Waals surface area contributed by atoms with Crippen molar-refractivity contribution in [3.8, 4) is 0 Å². The van der Waals surface area contributed by atoms with Crippen LogP contribution >= 0.6 is 15.9 Å². The molecule has 1 nitrogen and oxygen atoms in total. The number of halogens is 1. The Kier molecular flexibility index (Phi) is 3.67. The Hall–Kier alpha value is -0.860. The number of rotatable bonds is 2. The van der Waals surface area contributed by atoms with Gasteiger partial charge in [0.1, 0.15) is 0 Å². The number of ether oxygens (including phenoxy) is 1. The molecule has 2 aromatic carbocycles. The normalized spacial score (nSPS) is 18.9. The molecular formula is C16H17BrO. The summed E-state index contributed by atoms with van der Waals surface area (Å²) in [6.07, 6.45) is 2.30. The van der Waals surface area contributed by atoms with Crippen LogP contribution in [0.3, 0.4) is 0 Å². The first-order chi connectivity index (χ1) is 8.86.